The molecule has 7 nitrogen and oxygen atoms in total. The number of benzene rings is 1. The molecule has 0 spiro atoms. The predicted octanol–water partition coefficient (Wildman–Crippen LogP) is 6.17. The third-order valence-corrected chi connectivity index (χ3v) is 4.95. The first-order chi connectivity index (χ1) is 16.6. The molecule has 1 amide bonds. The summed E-state index contributed by atoms with van der Waals surface area (Å²) in [7, 11) is 1.05. The molecule has 2 heterocycles. The summed E-state index contributed by atoms with van der Waals surface area (Å²) in [6, 6.07) is 3.70. The molecule has 1 aromatic carbocycles. The number of aromatic nitrogens is 2. The number of hydrogen-bond acceptors (Lipinski definition) is 6. The summed E-state index contributed by atoms with van der Waals surface area (Å²) >= 11 is 3.07. The fourth-order valence-electron chi connectivity index (χ4n) is 3.03. The van der Waals surface area contributed by atoms with Gasteiger partial charge in [-0.2, -0.15) is 13.2 Å². The van der Waals surface area contributed by atoms with Crippen LogP contribution in [0.2, 0.25) is 0 Å². The molecule has 2 aromatic heterocycles. The average Bonchev–Trinajstić information content (AvgIpc) is 2.74. The van der Waals surface area contributed by atoms with E-state index in [1.165, 1.54) is 19.2 Å². The van der Waals surface area contributed by atoms with Gasteiger partial charge in [-0.1, -0.05) is 0 Å². The van der Waals surface area contributed by atoms with Crippen molar-refractivity contribution in [2.45, 2.75) is 19.5 Å². The minimum Gasteiger partial charge on any atom is -0.493 e. The number of alkyl halides is 6. The number of primary amides is 1. The first-order valence-corrected chi connectivity index (χ1v) is 10.3. The van der Waals surface area contributed by atoms with Crippen LogP contribution in [0.25, 0.3) is 11.3 Å². The quantitative estimate of drug-likeness (QED) is 0.275. The zero-order chi connectivity index (χ0) is 27.0. The number of nitrogens with two attached hydrogens (primary N) is 1. The Morgan fingerprint density at radius 2 is 1.75 bits per heavy atom. The monoisotopic (exact) mass is 583 g/mol. The van der Waals surface area contributed by atoms with Crippen LogP contribution in [0.15, 0.2) is 35.1 Å². The van der Waals surface area contributed by atoms with Gasteiger partial charge in [0, 0.05) is 17.8 Å². The summed E-state index contributed by atoms with van der Waals surface area (Å²) in [6.45, 7) is 1.45. The van der Waals surface area contributed by atoms with Gasteiger partial charge < -0.3 is 19.9 Å². The maximum Gasteiger partial charge on any atom is 0.573 e. The van der Waals surface area contributed by atoms with E-state index in [0.29, 0.717) is 0 Å². The second-order valence-electron chi connectivity index (χ2n) is 6.97. The minimum atomic E-state index is -5.33. The largest absolute Gasteiger partial charge is 0.573 e. The lowest BCUT2D eigenvalue weighted by molar-refractivity contribution is -0.274. The van der Waals surface area contributed by atoms with E-state index in [4.69, 9.17) is 15.2 Å². The SMILES string of the molecule is COc1cc(OC(F)(F)F)ccc1Oc1c(-c2cc(Br)ncc2C)nc(C(F)(F)F)c(F)c1C(N)=O. The molecule has 0 fully saturated rings. The molecule has 3 rings (SSSR count). The summed E-state index contributed by atoms with van der Waals surface area (Å²) in [5, 5.41) is 0. The predicted molar refractivity (Wildman–Crippen MR) is 113 cm³/mol. The van der Waals surface area contributed by atoms with Gasteiger partial charge in [0.2, 0.25) is 0 Å². The Kier molecular flexibility index (Phi) is 7.34. The van der Waals surface area contributed by atoms with Crippen molar-refractivity contribution < 1.29 is 49.7 Å². The van der Waals surface area contributed by atoms with E-state index in [1.54, 1.807) is 0 Å². The standard InChI is InChI=1S/C21H13BrF7N3O4/c1-8-7-31-13(22)6-10(8)16-17(14(19(30)33)15(23)18(32-16)20(24,25)26)35-11-4-3-9(5-12(11)34-2)36-21(27,28)29/h3-7H,1-2H3,(H2,30,33). The maximum absolute atomic E-state index is 14.9. The highest BCUT2D eigenvalue weighted by Gasteiger charge is 2.41. The van der Waals surface area contributed by atoms with Gasteiger partial charge in [-0.15, -0.1) is 13.2 Å². The van der Waals surface area contributed by atoms with Gasteiger partial charge in [0.1, 0.15) is 21.6 Å². The molecule has 0 saturated carbocycles. The number of amides is 1. The number of rotatable bonds is 6. The smallest absolute Gasteiger partial charge is 0.493 e. The Balaban J connectivity index is 2.32. The second-order valence-corrected chi connectivity index (χ2v) is 7.79. The second kappa shape index (κ2) is 9.79. The van der Waals surface area contributed by atoms with Gasteiger partial charge >= 0.3 is 12.5 Å². The number of methoxy groups -OCH3 is 1. The van der Waals surface area contributed by atoms with E-state index in [-0.39, 0.29) is 15.7 Å². The van der Waals surface area contributed by atoms with E-state index < -0.39 is 64.2 Å². The zero-order valence-electron chi connectivity index (χ0n) is 18.0. The lowest BCUT2D eigenvalue weighted by Crippen LogP contribution is -2.21. The van der Waals surface area contributed by atoms with Crippen molar-refractivity contribution in [2.24, 2.45) is 5.73 Å². The van der Waals surface area contributed by atoms with Crippen LogP contribution in [0, 0.1) is 12.7 Å². The third kappa shape index (κ3) is 5.78. The van der Waals surface area contributed by atoms with E-state index in [0.717, 1.165) is 25.3 Å². The van der Waals surface area contributed by atoms with Gasteiger partial charge in [-0.25, -0.2) is 14.4 Å². The summed E-state index contributed by atoms with van der Waals surface area (Å²) < 4.78 is 108. The number of carbonyl (C=O) groups excluding carboxylic acids is 1. The first-order valence-electron chi connectivity index (χ1n) is 9.47. The van der Waals surface area contributed by atoms with E-state index in [2.05, 4.69) is 30.6 Å². The van der Waals surface area contributed by atoms with Gasteiger partial charge in [-0.05, 0) is 46.6 Å². The van der Waals surface area contributed by atoms with E-state index in [9.17, 15) is 35.5 Å². The molecule has 0 radical (unpaired) electrons. The van der Waals surface area contributed by atoms with Crippen LogP contribution in [-0.2, 0) is 6.18 Å². The van der Waals surface area contributed by atoms with Crippen molar-refractivity contribution in [1.29, 1.82) is 0 Å². The summed E-state index contributed by atoms with van der Waals surface area (Å²) in [5.41, 5.74) is 1.45. The van der Waals surface area contributed by atoms with Crippen LogP contribution in [0.1, 0.15) is 21.6 Å². The first kappa shape index (κ1) is 27.0. The van der Waals surface area contributed by atoms with Crippen LogP contribution < -0.4 is 19.9 Å². The van der Waals surface area contributed by atoms with Crippen molar-refractivity contribution in [1.82, 2.24) is 9.97 Å². The lowest BCUT2D eigenvalue weighted by atomic mass is 10.0. The fourth-order valence-corrected chi connectivity index (χ4v) is 3.36. The van der Waals surface area contributed by atoms with Crippen LogP contribution in [0.5, 0.6) is 23.0 Å². The zero-order valence-corrected chi connectivity index (χ0v) is 19.6. The Morgan fingerprint density at radius 3 is 2.31 bits per heavy atom. The number of hydrogen-bond donors (Lipinski definition) is 1. The number of halogens is 8. The normalized spacial score (nSPS) is 11.8. The van der Waals surface area contributed by atoms with Crippen molar-refractivity contribution in [3.63, 3.8) is 0 Å². The topological polar surface area (TPSA) is 96.6 Å². The van der Waals surface area contributed by atoms with Gasteiger partial charge in [0.15, 0.2) is 28.8 Å². The van der Waals surface area contributed by atoms with Crippen LogP contribution in [-0.4, -0.2) is 29.3 Å². The minimum absolute atomic E-state index is 0.0455. The molecule has 15 heteroatoms. The van der Waals surface area contributed by atoms with Crippen LogP contribution >= 0.6 is 15.9 Å². The van der Waals surface area contributed by atoms with E-state index in [1.807, 2.05) is 0 Å². The summed E-state index contributed by atoms with van der Waals surface area (Å²) in [5.74, 6) is -6.09. The average molecular weight is 584 g/mol. The fraction of sp³-hybridized carbons (Fsp3) is 0.190. The van der Waals surface area contributed by atoms with Gasteiger partial charge in [0.25, 0.3) is 5.91 Å². The van der Waals surface area contributed by atoms with Crippen molar-refractivity contribution >= 4 is 21.8 Å². The number of ether oxygens (including phenoxy) is 3. The lowest BCUT2D eigenvalue weighted by Gasteiger charge is -2.20. The maximum atomic E-state index is 14.9. The molecular formula is C21H13BrF7N3O4. The molecule has 0 bridgehead atoms. The number of aryl methyl sites for hydroxylation is 1. The summed E-state index contributed by atoms with van der Waals surface area (Å²) in [4.78, 5) is 19.4. The Bertz CT molecular complexity index is 1330. The van der Waals surface area contributed by atoms with Crippen molar-refractivity contribution in [2.75, 3.05) is 7.11 Å². The van der Waals surface area contributed by atoms with Gasteiger partial charge in [0.05, 0.1) is 7.11 Å². The molecule has 0 aliphatic heterocycles. The Labute approximate surface area is 206 Å². The van der Waals surface area contributed by atoms with Crippen molar-refractivity contribution in [3.8, 4) is 34.3 Å². The van der Waals surface area contributed by atoms with Crippen LogP contribution in [0.3, 0.4) is 0 Å². The molecule has 0 unspecified atom stereocenters. The van der Waals surface area contributed by atoms with E-state index >= 15 is 0 Å². The van der Waals surface area contributed by atoms with Gasteiger partial charge in [-0.3, -0.25) is 4.79 Å². The summed E-state index contributed by atoms with van der Waals surface area (Å²) in [6.07, 6.45) is -9.10. The molecule has 0 saturated heterocycles. The highest BCUT2D eigenvalue weighted by molar-refractivity contribution is 9.10. The third-order valence-electron chi connectivity index (χ3n) is 4.51. The number of pyridine rings is 2. The molecule has 192 valence electrons. The Hall–Kier alpha value is -3.62. The highest BCUT2D eigenvalue weighted by atomic mass is 79.9. The van der Waals surface area contributed by atoms with Crippen molar-refractivity contribution in [3.05, 3.63) is 57.7 Å². The highest BCUT2D eigenvalue weighted by Crippen LogP contribution is 2.44. The molecule has 2 N–H and O–H groups in total. The molecule has 36 heavy (non-hydrogen) atoms. The molecular weight excluding hydrogens is 571 g/mol. The van der Waals surface area contributed by atoms with Crippen LogP contribution in [0.4, 0.5) is 30.7 Å². The molecule has 0 atom stereocenters. The number of carbonyl (C=O) groups is 1. The number of nitrogens with zero attached hydrogens (tertiary/aromatic N) is 2. The Morgan fingerprint density at radius 1 is 1.08 bits per heavy atom. The molecule has 0 aliphatic rings. The molecule has 0 aliphatic carbocycles. The molecule has 3 aromatic rings.